The molecule has 0 radical (unpaired) electrons. The number of hydrogen-bond donors (Lipinski definition) is 1. The molecule has 1 N–H and O–H groups in total. The fourth-order valence-electron chi connectivity index (χ4n) is 3.71. The molecule has 0 heterocycles. The Bertz CT molecular complexity index is 588. The molecule has 132 valence electrons. The molecule has 2 aliphatic carbocycles. The Kier molecular flexibility index (Phi) is 3.47. The van der Waals surface area contributed by atoms with Gasteiger partial charge < -0.3 is 5.11 Å². The molecule has 9 heteroatoms. The molecule has 2 aliphatic rings. The second-order valence-electron chi connectivity index (χ2n) is 6.88. The summed E-state index contributed by atoms with van der Waals surface area (Å²) in [6.45, 7) is 4.41. The Hall–Kier alpha value is -1.28. The number of carbonyl (C=O) groups is 1. The van der Waals surface area contributed by atoms with Gasteiger partial charge in [0.1, 0.15) is 0 Å². The lowest BCUT2D eigenvalue weighted by Gasteiger charge is -2.36. The van der Waals surface area contributed by atoms with Crippen molar-refractivity contribution >= 4 is 5.78 Å². The van der Waals surface area contributed by atoms with E-state index in [2.05, 4.69) is 0 Å². The maximum atomic E-state index is 13.7. The van der Waals surface area contributed by atoms with Gasteiger partial charge >= 0.3 is 18.0 Å². The first-order valence-corrected chi connectivity index (χ1v) is 6.84. The Labute approximate surface area is 127 Å². The number of hydrogen-bond acceptors (Lipinski definition) is 2. The molecule has 0 aliphatic heterocycles. The van der Waals surface area contributed by atoms with E-state index in [-0.39, 0.29) is 6.42 Å². The Morgan fingerprint density at radius 2 is 1.57 bits per heavy atom. The first kappa shape index (κ1) is 18.1. The minimum atomic E-state index is -6.57. The summed E-state index contributed by atoms with van der Waals surface area (Å²) >= 11 is 0. The van der Waals surface area contributed by atoms with E-state index in [0.29, 0.717) is 6.42 Å². The van der Waals surface area contributed by atoms with Crippen LogP contribution >= 0.6 is 0 Å². The van der Waals surface area contributed by atoms with Crippen molar-refractivity contribution in [3.8, 4) is 0 Å². The monoisotopic (exact) mass is 348 g/mol. The molecule has 0 saturated heterocycles. The number of alkyl halides is 7. The van der Waals surface area contributed by atoms with E-state index in [1.807, 2.05) is 0 Å². The van der Waals surface area contributed by atoms with Crippen LogP contribution in [0.15, 0.2) is 11.3 Å². The van der Waals surface area contributed by atoms with E-state index in [4.69, 9.17) is 0 Å². The highest BCUT2D eigenvalue weighted by molar-refractivity contribution is 6.03. The SMILES string of the molecule is CC12CCC(C(=O)C1=C(O)C(F)(F)C(F)(F)C(F)(F)F)C2(C)C. The highest BCUT2D eigenvalue weighted by Gasteiger charge is 2.77. The molecule has 0 aromatic carbocycles. The number of halogens is 7. The van der Waals surface area contributed by atoms with Crippen LogP contribution in [0.2, 0.25) is 0 Å². The fraction of sp³-hybridized carbons (Fsp3) is 0.786. The van der Waals surface area contributed by atoms with Crippen molar-refractivity contribution in [2.75, 3.05) is 0 Å². The van der Waals surface area contributed by atoms with Gasteiger partial charge in [-0.25, -0.2) is 0 Å². The summed E-state index contributed by atoms with van der Waals surface area (Å²) in [4.78, 5) is 12.2. The molecule has 0 amide bonds. The number of carbonyl (C=O) groups excluding carboxylic acids is 1. The average molecular weight is 348 g/mol. The smallest absolute Gasteiger partial charge is 0.460 e. The second kappa shape index (κ2) is 4.42. The zero-order chi connectivity index (χ0) is 18.2. The second-order valence-corrected chi connectivity index (χ2v) is 6.88. The van der Waals surface area contributed by atoms with E-state index in [1.165, 1.54) is 6.92 Å². The van der Waals surface area contributed by atoms with Crippen LogP contribution in [0.5, 0.6) is 0 Å². The molecular formula is C14H15F7O2. The maximum Gasteiger partial charge on any atom is 0.460 e. The van der Waals surface area contributed by atoms with Crippen molar-refractivity contribution in [3.63, 3.8) is 0 Å². The molecule has 0 spiro atoms. The number of allylic oxidation sites excluding steroid dienone is 2. The predicted octanol–water partition coefficient (Wildman–Crippen LogP) is 4.66. The topological polar surface area (TPSA) is 37.3 Å². The van der Waals surface area contributed by atoms with Crippen LogP contribution in [0.3, 0.4) is 0 Å². The number of ketones is 1. The molecule has 0 aromatic heterocycles. The molecular weight excluding hydrogens is 333 g/mol. The Balaban J connectivity index is 2.65. The maximum absolute atomic E-state index is 13.7. The van der Waals surface area contributed by atoms with Gasteiger partial charge in [-0.05, 0) is 18.3 Å². The quantitative estimate of drug-likeness (QED) is 0.448. The summed E-state index contributed by atoms with van der Waals surface area (Å²) in [6, 6.07) is 0. The highest BCUT2D eigenvalue weighted by atomic mass is 19.4. The van der Waals surface area contributed by atoms with E-state index in [0.717, 1.165) is 0 Å². The summed E-state index contributed by atoms with van der Waals surface area (Å²) in [5.74, 6) is -16.7. The van der Waals surface area contributed by atoms with Gasteiger partial charge in [0.15, 0.2) is 11.5 Å². The summed E-state index contributed by atoms with van der Waals surface area (Å²) in [7, 11) is 0. The normalized spacial score (nSPS) is 33.3. The third-order valence-electron chi connectivity index (χ3n) is 5.63. The third kappa shape index (κ3) is 1.91. The average Bonchev–Trinajstić information content (AvgIpc) is 2.66. The zero-order valence-corrected chi connectivity index (χ0v) is 12.5. The van der Waals surface area contributed by atoms with Crippen LogP contribution in [0, 0.1) is 16.7 Å². The Morgan fingerprint density at radius 3 is 1.91 bits per heavy atom. The molecule has 2 nitrogen and oxygen atoms in total. The van der Waals surface area contributed by atoms with Gasteiger partial charge in [0, 0.05) is 16.9 Å². The highest BCUT2D eigenvalue weighted by Crippen LogP contribution is 2.68. The van der Waals surface area contributed by atoms with Crippen LogP contribution in [0.4, 0.5) is 30.7 Å². The molecule has 2 atom stereocenters. The van der Waals surface area contributed by atoms with Crippen molar-refractivity contribution in [1.29, 1.82) is 0 Å². The molecule has 23 heavy (non-hydrogen) atoms. The molecule has 2 fully saturated rings. The molecule has 0 aromatic rings. The molecule has 2 bridgehead atoms. The van der Waals surface area contributed by atoms with Crippen LogP contribution < -0.4 is 0 Å². The van der Waals surface area contributed by atoms with E-state index in [1.54, 1.807) is 13.8 Å². The van der Waals surface area contributed by atoms with Crippen LogP contribution in [-0.2, 0) is 4.79 Å². The Morgan fingerprint density at radius 1 is 1.09 bits per heavy atom. The number of aliphatic hydroxyl groups excluding tert-OH is 1. The van der Waals surface area contributed by atoms with Gasteiger partial charge in [0.2, 0.25) is 0 Å². The fourth-order valence-corrected chi connectivity index (χ4v) is 3.71. The number of aliphatic hydroxyl groups is 1. The first-order valence-electron chi connectivity index (χ1n) is 6.84. The van der Waals surface area contributed by atoms with Crippen molar-refractivity contribution in [1.82, 2.24) is 0 Å². The van der Waals surface area contributed by atoms with Gasteiger partial charge in [0.25, 0.3) is 0 Å². The van der Waals surface area contributed by atoms with Crippen molar-refractivity contribution in [2.45, 2.75) is 51.6 Å². The summed E-state index contributed by atoms with van der Waals surface area (Å²) < 4.78 is 90.5. The largest absolute Gasteiger partial charge is 0.506 e. The standard InChI is InChI=1S/C14H15F7O2/c1-10(2)6-4-5-11(10,3)7(8(6)22)9(23)12(15,16)13(17,18)14(19,20)21/h6,23H,4-5H2,1-3H3. The lowest BCUT2D eigenvalue weighted by atomic mass is 9.68. The first-order chi connectivity index (χ1) is 10.0. The van der Waals surface area contributed by atoms with E-state index >= 15 is 0 Å². The van der Waals surface area contributed by atoms with Crippen molar-refractivity contribution in [3.05, 3.63) is 11.3 Å². The van der Waals surface area contributed by atoms with Crippen LogP contribution in [0.25, 0.3) is 0 Å². The minimum Gasteiger partial charge on any atom is -0.506 e. The number of fused-ring (bicyclic) bond motifs is 2. The minimum absolute atomic E-state index is 0.142. The van der Waals surface area contributed by atoms with Crippen LogP contribution in [-0.4, -0.2) is 28.9 Å². The summed E-state index contributed by atoms with van der Waals surface area (Å²) in [6.07, 6.45) is -6.12. The van der Waals surface area contributed by atoms with E-state index < -0.39 is 51.9 Å². The molecule has 2 unspecified atom stereocenters. The third-order valence-corrected chi connectivity index (χ3v) is 5.63. The van der Waals surface area contributed by atoms with Gasteiger partial charge in [-0.3, -0.25) is 4.79 Å². The molecule has 2 rings (SSSR count). The molecule has 2 saturated carbocycles. The summed E-state index contributed by atoms with van der Waals surface area (Å²) in [5, 5.41) is 9.59. The van der Waals surface area contributed by atoms with Gasteiger partial charge in [-0.15, -0.1) is 0 Å². The van der Waals surface area contributed by atoms with E-state index in [9.17, 15) is 40.6 Å². The van der Waals surface area contributed by atoms with Gasteiger partial charge in [-0.2, -0.15) is 30.7 Å². The van der Waals surface area contributed by atoms with Gasteiger partial charge in [-0.1, -0.05) is 20.8 Å². The summed E-state index contributed by atoms with van der Waals surface area (Å²) in [5.41, 5.74) is -3.31. The van der Waals surface area contributed by atoms with Crippen molar-refractivity contribution < 1.29 is 40.6 Å². The van der Waals surface area contributed by atoms with Crippen molar-refractivity contribution in [2.24, 2.45) is 16.7 Å². The lowest BCUT2D eigenvalue weighted by Crippen LogP contribution is -2.53. The van der Waals surface area contributed by atoms with Gasteiger partial charge in [0.05, 0.1) is 0 Å². The lowest BCUT2D eigenvalue weighted by molar-refractivity contribution is -0.349. The zero-order valence-electron chi connectivity index (χ0n) is 12.5. The number of Topliss-reactive ketones (excluding diaryl/α,β-unsaturated/α-hetero) is 1. The predicted molar refractivity (Wildman–Crippen MR) is 65.2 cm³/mol. The van der Waals surface area contributed by atoms with Crippen LogP contribution in [0.1, 0.15) is 33.6 Å². The number of rotatable bonds is 2.